The van der Waals surface area contributed by atoms with Crippen LogP contribution in [0.4, 0.5) is 0 Å². The number of fused-ring (bicyclic) bond motifs is 1. The van der Waals surface area contributed by atoms with Crippen LogP contribution < -0.4 is 0 Å². The van der Waals surface area contributed by atoms with Gasteiger partial charge in [0, 0.05) is 15.3 Å². The predicted molar refractivity (Wildman–Crippen MR) is 83.1 cm³/mol. The standard InChI is InChI=1S/C14H10ClIN2/c1-9-6-7-18-12(8-9)17-13(14(18)15)10-2-4-11(16)5-3-10/h2-8H,1H3. The maximum absolute atomic E-state index is 6.38. The summed E-state index contributed by atoms with van der Waals surface area (Å²) in [6, 6.07) is 12.3. The Hall–Kier alpha value is -1.07. The van der Waals surface area contributed by atoms with E-state index in [9.17, 15) is 0 Å². The van der Waals surface area contributed by atoms with Gasteiger partial charge in [-0.3, -0.25) is 4.40 Å². The van der Waals surface area contributed by atoms with Gasteiger partial charge < -0.3 is 0 Å². The second-order valence-corrected chi connectivity index (χ2v) is 5.79. The summed E-state index contributed by atoms with van der Waals surface area (Å²) in [6.45, 7) is 2.05. The van der Waals surface area contributed by atoms with Crippen molar-refractivity contribution < 1.29 is 0 Å². The number of pyridine rings is 1. The Morgan fingerprint density at radius 2 is 1.89 bits per heavy atom. The first-order chi connectivity index (χ1) is 8.65. The quantitative estimate of drug-likeness (QED) is 0.575. The first-order valence-electron chi connectivity index (χ1n) is 5.55. The SMILES string of the molecule is Cc1ccn2c(Cl)c(-c3ccc(I)cc3)nc2c1. The van der Waals surface area contributed by atoms with Crippen LogP contribution in [0.2, 0.25) is 5.15 Å². The lowest BCUT2D eigenvalue weighted by atomic mass is 10.2. The van der Waals surface area contributed by atoms with E-state index in [1.54, 1.807) is 0 Å². The van der Waals surface area contributed by atoms with Crippen LogP contribution in [0.1, 0.15) is 5.56 Å². The number of hydrogen-bond acceptors (Lipinski definition) is 1. The highest BCUT2D eigenvalue weighted by Crippen LogP contribution is 2.28. The molecule has 2 nitrogen and oxygen atoms in total. The van der Waals surface area contributed by atoms with E-state index in [0.717, 1.165) is 16.9 Å². The maximum Gasteiger partial charge on any atom is 0.141 e. The number of nitrogens with zero attached hydrogens (tertiary/aromatic N) is 2. The Balaban J connectivity index is 2.23. The topological polar surface area (TPSA) is 17.3 Å². The number of aromatic nitrogens is 2. The highest BCUT2D eigenvalue weighted by molar-refractivity contribution is 14.1. The van der Waals surface area contributed by atoms with Crippen LogP contribution in [-0.4, -0.2) is 9.38 Å². The van der Waals surface area contributed by atoms with Crippen molar-refractivity contribution in [3.05, 3.63) is 56.9 Å². The molecule has 0 saturated heterocycles. The number of rotatable bonds is 1. The largest absolute Gasteiger partial charge is 0.290 e. The monoisotopic (exact) mass is 368 g/mol. The van der Waals surface area contributed by atoms with Crippen molar-refractivity contribution in [2.75, 3.05) is 0 Å². The summed E-state index contributed by atoms with van der Waals surface area (Å²) in [5.41, 5.74) is 3.94. The van der Waals surface area contributed by atoms with Crippen molar-refractivity contribution in [2.24, 2.45) is 0 Å². The Morgan fingerprint density at radius 1 is 1.17 bits per heavy atom. The van der Waals surface area contributed by atoms with Crippen LogP contribution in [0.3, 0.4) is 0 Å². The summed E-state index contributed by atoms with van der Waals surface area (Å²) >= 11 is 8.67. The van der Waals surface area contributed by atoms with Crippen molar-refractivity contribution in [1.29, 1.82) is 0 Å². The minimum absolute atomic E-state index is 0.659. The van der Waals surface area contributed by atoms with Gasteiger partial charge >= 0.3 is 0 Å². The first kappa shape index (κ1) is 12.0. The Kier molecular flexibility index (Phi) is 3.03. The lowest BCUT2D eigenvalue weighted by Gasteiger charge is -1.98. The Labute approximate surface area is 124 Å². The van der Waals surface area contributed by atoms with Crippen molar-refractivity contribution in [3.63, 3.8) is 0 Å². The van der Waals surface area contributed by atoms with Crippen LogP contribution in [0.25, 0.3) is 16.9 Å². The summed E-state index contributed by atoms with van der Waals surface area (Å²) in [7, 11) is 0. The number of halogens is 2. The zero-order valence-corrected chi connectivity index (χ0v) is 12.6. The van der Waals surface area contributed by atoms with Gasteiger partial charge in [-0.05, 0) is 59.3 Å². The van der Waals surface area contributed by atoms with Gasteiger partial charge in [-0.15, -0.1) is 0 Å². The fourth-order valence-corrected chi connectivity index (χ4v) is 2.56. The smallest absolute Gasteiger partial charge is 0.141 e. The predicted octanol–water partition coefficient (Wildman–Crippen LogP) is 4.57. The van der Waals surface area contributed by atoms with Gasteiger partial charge in [-0.25, -0.2) is 4.98 Å². The lowest BCUT2D eigenvalue weighted by molar-refractivity contribution is 1.17. The Morgan fingerprint density at radius 3 is 2.61 bits per heavy atom. The molecule has 0 aliphatic rings. The summed E-state index contributed by atoms with van der Waals surface area (Å²) in [5, 5.41) is 0.659. The molecule has 0 fully saturated rings. The first-order valence-corrected chi connectivity index (χ1v) is 7.01. The number of aryl methyl sites for hydroxylation is 1. The molecule has 0 spiro atoms. The number of benzene rings is 1. The second-order valence-electron chi connectivity index (χ2n) is 4.19. The molecule has 0 aliphatic heterocycles. The molecule has 0 N–H and O–H groups in total. The fourth-order valence-electron chi connectivity index (χ4n) is 1.91. The number of imidazole rings is 1. The molecule has 0 unspecified atom stereocenters. The van der Waals surface area contributed by atoms with Crippen LogP contribution in [0.5, 0.6) is 0 Å². The van der Waals surface area contributed by atoms with Crippen LogP contribution in [0.15, 0.2) is 42.6 Å². The Bertz CT molecular complexity index is 716. The zero-order chi connectivity index (χ0) is 12.7. The van der Waals surface area contributed by atoms with E-state index in [1.807, 2.05) is 41.8 Å². The van der Waals surface area contributed by atoms with Gasteiger partial charge in [0.1, 0.15) is 16.5 Å². The molecule has 0 bridgehead atoms. The van der Waals surface area contributed by atoms with E-state index >= 15 is 0 Å². The molecule has 0 radical (unpaired) electrons. The molecule has 0 amide bonds. The van der Waals surface area contributed by atoms with Gasteiger partial charge in [0.25, 0.3) is 0 Å². The lowest BCUT2D eigenvalue weighted by Crippen LogP contribution is -1.84. The summed E-state index contributed by atoms with van der Waals surface area (Å²) in [4.78, 5) is 4.60. The fraction of sp³-hybridized carbons (Fsp3) is 0.0714. The highest BCUT2D eigenvalue weighted by atomic mass is 127. The molecule has 2 aromatic heterocycles. The van der Waals surface area contributed by atoms with E-state index in [-0.39, 0.29) is 0 Å². The third-order valence-corrected chi connectivity index (χ3v) is 3.92. The van der Waals surface area contributed by atoms with Crippen molar-refractivity contribution in [2.45, 2.75) is 6.92 Å². The minimum Gasteiger partial charge on any atom is -0.290 e. The van der Waals surface area contributed by atoms with E-state index in [2.05, 4.69) is 39.7 Å². The third-order valence-electron chi connectivity index (χ3n) is 2.84. The summed E-state index contributed by atoms with van der Waals surface area (Å²) in [6.07, 6.45) is 1.95. The van der Waals surface area contributed by atoms with E-state index in [1.165, 1.54) is 9.13 Å². The number of hydrogen-bond donors (Lipinski definition) is 0. The molecule has 90 valence electrons. The highest BCUT2D eigenvalue weighted by Gasteiger charge is 2.11. The van der Waals surface area contributed by atoms with E-state index in [4.69, 9.17) is 11.6 Å². The molecule has 1 aromatic carbocycles. The van der Waals surface area contributed by atoms with Crippen LogP contribution >= 0.6 is 34.2 Å². The maximum atomic E-state index is 6.38. The summed E-state index contributed by atoms with van der Waals surface area (Å²) in [5.74, 6) is 0. The molecular formula is C14H10ClIN2. The van der Waals surface area contributed by atoms with Crippen molar-refractivity contribution in [3.8, 4) is 11.3 Å². The van der Waals surface area contributed by atoms with E-state index in [0.29, 0.717) is 5.15 Å². The minimum atomic E-state index is 0.659. The molecule has 3 rings (SSSR count). The second kappa shape index (κ2) is 4.55. The molecule has 4 heteroatoms. The third kappa shape index (κ3) is 2.01. The molecule has 2 heterocycles. The van der Waals surface area contributed by atoms with Gasteiger partial charge in [0.05, 0.1) is 0 Å². The molecular weight excluding hydrogens is 359 g/mol. The van der Waals surface area contributed by atoms with Crippen LogP contribution in [-0.2, 0) is 0 Å². The molecule has 0 saturated carbocycles. The van der Waals surface area contributed by atoms with Gasteiger partial charge in [0.15, 0.2) is 0 Å². The summed E-state index contributed by atoms with van der Waals surface area (Å²) < 4.78 is 3.11. The normalized spacial score (nSPS) is 11.1. The van der Waals surface area contributed by atoms with Crippen molar-refractivity contribution >= 4 is 39.8 Å². The zero-order valence-electron chi connectivity index (χ0n) is 9.69. The van der Waals surface area contributed by atoms with Crippen LogP contribution in [0, 0.1) is 10.5 Å². The molecule has 18 heavy (non-hydrogen) atoms. The average Bonchev–Trinajstić information content (AvgIpc) is 2.67. The van der Waals surface area contributed by atoms with Gasteiger partial charge in [-0.2, -0.15) is 0 Å². The van der Waals surface area contributed by atoms with Crippen molar-refractivity contribution in [1.82, 2.24) is 9.38 Å². The van der Waals surface area contributed by atoms with Gasteiger partial charge in [-0.1, -0.05) is 23.7 Å². The molecule has 0 aliphatic carbocycles. The molecule has 0 atom stereocenters. The average molecular weight is 369 g/mol. The molecule has 3 aromatic rings. The van der Waals surface area contributed by atoms with E-state index < -0.39 is 0 Å². The van der Waals surface area contributed by atoms with Gasteiger partial charge in [0.2, 0.25) is 0 Å².